The lowest BCUT2D eigenvalue weighted by molar-refractivity contribution is -0.268. The minimum Gasteiger partial charge on any atom is -0.455 e. The van der Waals surface area contributed by atoms with E-state index in [1.807, 2.05) is 0 Å². The molecule has 5 rings (SSSR count). The predicted octanol–water partition coefficient (Wildman–Crippen LogP) is 3.73. The van der Waals surface area contributed by atoms with Crippen molar-refractivity contribution < 1.29 is 42.9 Å². The zero-order valence-corrected chi connectivity index (χ0v) is 23.0. The molecule has 210 valence electrons. The Kier molecular flexibility index (Phi) is 6.69. The first-order chi connectivity index (χ1) is 18.8. The van der Waals surface area contributed by atoms with Crippen molar-refractivity contribution in [1.29, 1.82) is 0 Å². The van der Waals surface area contributed by atoms with Crippen LogP contribution in [0.1, 0.15) is 61.8 Å². The lowest BCUT2D eigenvalue weighted by Gasteiger charge is -2.60. The Labute approximate surface area is 232 Å². The highest BCUT2D eigenvalue weighted by Crippen LogP contribution is 2.66. The summed E-state index contributed by atoms with van der Waals surface area (Å²) < 4.78 is 24.4. The van der Waals surface area contributed by atoms with Crippen LogP contribution in [-0.4, -0.2) is 59.0 Å². The fraction of sp³-hybridized carbons (Fsp3) is 0.452. The summed E-state index contributed by atoms with van der Waals surface area (Å²) in [5.41, 5.74) is -3.93. The standard InChI is InChI=1S/C31H32O9/c1-17-16-21(33)24(37-18(2)32)30(5)26(39-28(36)20-14-10-7-11-15-20)23(34)22-25(31(17,30)40-29(22,3)4)38-27(35)19-12-8-6-9-13-19/h6-15,17,22,24-26H,16H2,1-5H3/t17-,22-,24+,25-,26+,30+,31-/m1/s1. The van der Waals surface area contributed by atoms with Gasteiger partial charge in [-0.2, -0.15) is 0 Å². The van der Waals surface area contributed by atoms with Gasteiger partial charge in [-0.15, -0.1) is 0 Å². The fourth-order valence-electron chi connectivity index (χ4n) is 7.09. The number of ether oxygens (including phenoxy) is 4. The van der Waals surface area contributed by atoms with Crippen LogP contribution < -0.4 is 0 Å². The summed E-state index contributed by atoms with van der Waals surface area (Å²) in [6.45, 7) is 7.90. The van der Waals surface area contributed by atoms with Crippen LogP contribution in [0.2, 0.25) is 0 Å². The molecule has 0 amide bonds. The van der Waals surface area contributed by atoms with Crippen LogP contribution in [0, 0.1) is 17.3 Å². The Bertz CT molecular complexity index is 1370. The molecule has 2 aliphatic carbocycles. The van der Waals surface area contributed by atoms with Crippen LogP contribution in [0.4, 0.5) is 0 Å². The Morgan fingerprint density at radius 3 is 1.85 bits per heavy atom. The van der Waals surface area contributed by atoms with Crippen LogP contribution >= 0.6 is 0 Å². The summed E-state index contributed by atoms with van der Waals surface area (Å²) >= 11 is 0. The normalized spacial score (nSPS) is 34.0. The van der Waals surface area contributed by atoms with Crippen molar-refractivity contribution >= 4 is 29.5 Å². The Morgan fingerprint density at radius 2 is 1.32 bits per heavy atom. The van der Waals surface area contributed by atoms with Crippen LogP contribution in [0.5, 0.6) is 0 Å². The van der Waals surface area contributed by atoms with Gasteiger partial charge in [-0.05, 0) is 51.0 Å². The van der Waals surface area contributed by atoms with E-state index in [0.29, 0.717) is 0 Å². The average Bonchev–Trinajstić information content (AvgIpc) is 3.13. The number of esters is 3. The van der Waals surface area contributed by atoms with E-state index in [1.54, 1.807) is 88.4 Å². The molecule has 1 saturated heterocycles. The van der Waals surface area contributed by atoms with Crippen molar-refractivity contribution in [3.05, 3.63) is 71.8 Å². The topological polar surface area (TPSA) is 122 Å². The molecular formula is C31H32O9. The number of hydrogen-bond acceptors (Lipinski definition) is 9. The van der Waals surface area contributed by atoms with E-state index >= 15 is 0 Å². The molecule has 1 heterocycles. The third kappa shape index (κ3) is 3.98. The van der Waals surface area contributed by atoms with Gasteiger partial charge in [0.05, 0.1) is 28.1 Å². The number of rotatable bonds is 5. The van der Waals surface area contributed by atoms with Crippen molar-refractivity contribution in [3.8, 4) is 0 Å². The second kappa shape index (κ2) is 9.66. The minimum atomic E-state index is -1.72. The first-order valence-corrected chi connectivity index (χ1v) is 13.3. The SMILES string of the molecule is CC(=O)O[C@H]1C(=O)C[C@@H](C)[C@]23OC(C)(C)[C@H](C(=O)[C@H](OC(=O)c4ccccc4)[C@]12C)[C@H]3OC(=O)c1ccccc1. The van der Waals surface area contributed by atoms with Gasteiger partial charge in [0.25, 0.3) is 0 Å². The molecule has 0 unspecified atom stereocenters. The molecule has 2 bridgehead atoms. The maximum absolute atomic E-state index is 14.4. The van der Waals surface area contributed by atoms with E-state index in [-0.39, 0.29) is 17.5 Å². The van der Waals surface area contributed by atoms with Crippen LogP contribution in [0.3, 0.4) is 0 Å². The molecule has 7 atom stereocenters. The number of benzene rings is 2. The summed E-state index contributed by atoms with van der Waals surface area (Å²) in [7, 11) is 0. The van der Waals surface area contributed by atoms with Crippen LogP contribution in [0.25, 0.3) is 0 Å². The van der Waals surface area contributed by atoms with Gasteiger partial charge in [0.15, 0.2) is 23.8 Å². The molecule has 3 fully saturated rings. The van der Waals surface area contributed by atoms with Gasteiger partial charge in [-0.25, -0.2) is 9.59 Å². The summed E-state index contributed by atoms with van der Waals surface area (Å²) in [4.78, 5) is 66.8. The van der Waals surface area contributed by atoms with Crippen molar-refractivity contribution in [2.24, 2.45) is 17.3 Å². The van der Waals surface area contributed by atoms with Crippen molar-refractivity contribution in [3.63, 3.8) is 0 Å². The molecule has 0 radical (unpaired) electrons. The third-order valence-electron chi connectivity index (χ3n) is 8.70. The molecular weight excluding hydrogens is 516 g/mol. The van der Waals surface area contributed by atoms with Crippen molar-refractivity contribution in [2.75, 3.05) is 0 Å². The van der Waals surface area contributed by atoms with Crippen molar-refractivity contribution in [2.45, 2.75) is 70.6 Å². The van der Waals surface area contributed by atoms with Gasteiger partial charge < -0.3 is 18.9 Å². The fourth-order valence-corrected chi connectivity index (χ4v) is 7.09. The van der Waals surface area contributed by atoms with E-state index in [1.165, 1.54) is 0 Å². The minimum absolute atomic E-state index is 0.0662. The Morgan fingerprint density at radius 1 is 0.800 bits per heavy atom. The van der Waals surface area contributed by atoms with E-state index in [0.717, 1.165) is 6.92 Å². The lowest BCUT2D eigenvalue weighted by Crippen LogP contribution is -2.77. The lowest BCUT2D eigenvalue weighted by atomic mass is 9.48. The monoisotopic (exact) mass is 548 g/mol. The maximum Gasteiger partial charge on any atom is 0.338 e. The largest absolute Gasteiger partial charge is 0.455 e. The summed E-state index contributed by atoms with van der Waals surface area (Å²) in [5.74, 6) is -4.84. The van der Waals surface area contributed by atoms with Crippen molar-refractivity contribution in [1.82, 2.24) is 0 Å². The molecule has 9 nitrogen and oxygen atoms in total. The average molecular weight is 549 g/mol. The number of ketones is 2. The van der Waals surface area contributed by atoms with Crippen LogP contribution in [-0.2, 0) is 33.3 Å². The van der Waals surface area contributed by atoms with E-state index in [9.17, 15) is 24.0 Å². The van der Waals surface area contributed by atoms with Gasteiger partial charge in [0, 0.05) is 13.3 Å². The summed E-state index contributed by atoms with van der Waals surface area (Å²) in [5, 5.41) is 0. The van der Waals surface area contributed by atoms with E-state index in [2.05, 4.69) is 0 Å². The number of carbonyl (C=O) groups is 5. The van der Waals surface area contributed by atoms with Gasteiger partial charge in [-0.3, -0.25) is 14.4 Å². The number of carbonyl (C=O) groups excluding carboxylic acids is 5. The summed E-state index contributed by atoms with van der Waals surface area (Å²) in [6.07, 6.45) is -4.25. The first-order valence-electron chi connectivity index (χ1n) is 13.3. The van der Waals surface area contributed by atoms with E-state index < -0.39 is 76.2 Å². The zero-order valence-electron chi connectivity index (χ0n) is 23.0. The molecule has 2 saturated carbocycles. The smallest absolute Gasteiger partial charge is 0.338 e. The van der Waals surface area contributed by atoms with E-state index in [4.69, 9.17) is 18.9 Å². The first kappa shape index (κ1) is 27.7. The second-order valence-corrected chi connectivity index (χ2v) is 11.6. The highest BCUT2D eigenvalue weighted by atomic mass is 16.6. The molecule has 0 N–H and O–H groups in total. The zero-order chi connectivity index (χ0) is 29.0. The Balaban J connectivity index is 1.69. The Hall–Kier alpha value is -3.85. The number of fused-ring (bicyclic) bond motifs is 1. The highest BCUT2D eigenvalue weighted by molar-refractivity contribution is 5.99. The summed E-state index contributed by atoms with van der Waals surface area (Å²) in [6, 6.07) is 16.5. The molecule has 1 spiro atoms. The molecule has 3 aliphatic rings. The molecule has 2 aromatic carbocycles. The number of hydrogen-bond donors (Lipinski definition) is 0. The molecule has 40 heavy (non-hydrogen) atoms. The predicted molar refractivity (Wildman–Crippen MR) is 140 cm³/mol. The van der Waals surface area contributed by atoms with Gasteiger partial charge in [0.2, 0.25) is 0 Å². The highest BCUT2D eigenvalue weighted by Gasteiger charge is 2.83. The van der Waals surface area contributed by atoms with Crippen LogP contribution in [0.15, 0.2) is 60.7 Å². The van der Waals surface area contributed by atoms with Gasteiger partial charge in [-0.1, -0.05) is 43.3 Å². The third-order valence-corrected chi connectivity index (χ3v) is 8.70. The number of Topliss-reactive ketones (excluding diaryl/α,β-unsaturated/α-hetero) is 2. The van der Waals surface area contributed by atoms with Gasteiger partial charge in [0.1, 0.15) is 11.7 Å². The maximum atomic E-state index is 14.4. The quantitative estimate of drug-likeness (QED) is 0.406. The molecule has 1 aliphatic heterocycles. The van der Waals surface area contributed by atoms with Gasteiger partial charge >= 0.3 is 17.9 Å². The molecule has 2 aromatic rings. The second-order valence-electron chi connectivity index (χ2n) is 11.6. The molecule has 0 aromatic heterocycles. The molecule has 9 heteroatoms.